The van der Waals surface area contributed by atoms with Crippen LogP contribution >= 0.6 is 0 Å². The van der Waals surface area contributed by atoms with Crippen LogP contribution in [0.15, 0.2) is 0 Å². The molecule has 1 heterocycles. The van der Waals surface area contributed by atoms with E-state index in [1.165, 1.54) is 0 Å². The second kappa shape index (κ2) is 3.00. The maximum Gasteiger partial charge on any atom is 0.0717 e. The Morgan fingerprint density at radius 1 is 1.70 bits per heavy atom. The van der Waals surface area contributed by atoms with Gasteiger partial charge in [-0.3, -0.25) is 0 Å². The first-order valence-corrected chi connectivity index (χ1v) is 3.47. The quantitative estimate of drug-likeness (QED) is 0.549. The van der Waals surface area contributed by atoms with E-state index in [0.29, 0.717) is 13.0 Å². The highest BCUT2D eigenvalue weighted by Gasteiger charge is 2.28. The highest BCUT2D eigenvalue weighted by molar-refractivity contribution is 4.88. The molecule has 1 saturated heterocycles. The Morgan fingerprint density at radius 2 is 2.40 bits per heavy atom. The van der Waals surface area contributed by atoms with E-state index in [0.717, 1.165) is 6.54 Å². The molecule has 0 aliphatic carbocycles. The zero-order chi connectivity index (χ0) is 7.56. The smallest absolute Gasteiger partial charge is 0.0717 e. The number of β-amino-alcohol motifs (C(OH)–C–C–N with tert-alkyl or cyclic N) is 1. The van der Waals surface area contributed by atoms with Gasteiger partial charge in [-0.15, -0.1) is 0 Å². The van der Waals surface area contributed by atoms with E-state index in [2.05, 4.69) is 6.07 Å². The summed E-state index contributed by atoms with van der Waals surface area (Å²) < 4.78 is 0. The van der Waals surface area contributed by atoms with Gasteiger partial charge in [-0.1, -0.05) is 0 Å². The number of aliphatic hydroxyl groups is 1. The lowest BCUT2D eigenvalue weighted by Crippen LogP contribution is -2.17. The normalized spacial score (nSPS) is 34.1. The van der Waals surface area contributed by atoms with Gasteiger partial charge in [-0.25, -0.2) is 0 Å². The number of hydrogen-bond donors (Lipinski definition) is 1. The van der Waals surface area contributed by atoms with E-state index in [1.807, 2.05) is 11.9 Å². The summed E-state index contributed by atoms with van der Waals surface area (Å²) in [5, 5.41) is 17.6. The van der Waals surface area contributed by atoms with Crippen molar-refractivity contribution < 1.29 is 5.11 Å². The van der Waals surface area contributed by atoms with Crippen LogP contribution in [0.25, 0.3) is 0 Å². The summed E-state index contributed by atoms with van der Waals surface area (Å²) in [4.78, 5) is 2.05. The number of likely N-dealkylation sites (tertiary alicyclic amines) is 1. The van der Waals surface area contributed by atoms with Gasteiger partial charge in [0.15, 0.2) is 0 Å². The Morgan fingerprint density at radius 3 is 2.80 bits per heavy atom. The highest BCUT2D eigenvalue weighted by atomic mass is 16.3. The molecule has 1 aliphatic heterocycles. The zero-order valence-corrected chi connectivity index (χ0v) is 6.12. The number of rotatable bonds is 1. The van der Waals surface area contributed by atoms with Gasteiger partial charge in [-0.2, -0.15) is 5.26 Å². The summed E-state index contributed by atoms with van der Waals surface area (Å²) in [6.07, 6.45) is 0.190. The van der Waals surface area contributed by atoms with Crippen molar-refractivity contribution in [1.29, 1.82) is 5.26 Å². The van der Waals surface area contributed by atoms with E-state index in [4.69, 9.17) is 5.26 Å². The number of nitriles is 1. The second-order valence-electron chi connectivity index (χ2n) is 2.91. The van der Waals surface area contributed by atoms with Crippen LogP contribution in [0.5, 0.6) is 0 Å². The fraction of sp³-hybridized carbons (Fsp3) is 0.857. The Labute approximate surface area is 60.9 Å². The average molecular weight is 140 g/mol. The number of nitrogens with zero attached hydrogens (tertiary/aromatic N) is 2. The lowest BCUT2D eigenvalue weighted by molar-refractivity contribution is 0.145. The topological polar surface area (TPSA) is 47.3 Å². The first-order valence-electron chi connectivity index (χ1n) is 3.47. The maximum atomic E-state index is 9.30. The average Bonchev–Trinajstić information content (AvgIpc) is 2.13. The van der Waals surface area contributed by atoms with Crippen molar-refractivity contribution in [2.24, 2.45) is 5.92 Å². The SMILES string of the molecule is CN1C[C@H](CC#N)[C@H](O)C1. The molecule has 56 valence electrons. The predicted octanol–water partition coefficient (Wildman–Crippen LogP) is -0.177. The fourth-order valence-corrected chi connectivity index (χ4v) is 1.38. The van der Waals surface area contributed by atoms with Gasteiger partial charge in [0, 0.05) is 25.4 Å². The number of hydrogen-bond acceptors (Lipinski definition) is 3. The summed E-state index contributed by atoms with van der Waals surface area (Å²) >= 11 is 0. The lowest BCUT2D eigenvalue weighted by atomic mass is 10.0. The molecular formula is C7H12N2O. The molecule has 0 saturated carbocycles. The van der Waals surface area contributed by atoms with Gasteiger partial charge in [-0.05, 0) is 7.05 Å². The van der Waals surface area contributed by atoms with Crippen molar-refractivity contribution in [1.82, 2.24) is 4.90 Å². The Balaban J connectivity index is 2.40. The third-order valence-corrected chi connectivity index (χ3v) is 1.94. The minimum absolute atomic E-state index is 0.176. The first-order chi connectivity index (χ1) is 4.74. The molecule has 0 spiro atoms. The molecule has 0 aromatic carbocycles. The fourth-order valence-electron chi connectivity index (χ4n) is 1.38. The Hall–Kier alpha value is -0.590. The molecule has 1 N–H and O–H groups in total. The highest BCUT2D eigenvalue weighted by Crippen LogP contribution is 2.17. The van der Waals surface area contributed by atoms with Crippen LogP contribution in [0.1, 0.15) is 6.42 Å². The summed E-state index contributed by atoms with van der Waals surface area (Å²) in [6.45, 7) is 1.57. The van der Waals surface area contributed by atoms with Gasteiger partial charge >= 0.3 is 0 Å². The van der Waals surface area contributed by atoms with E-state index >= 15 is 0 Å². The standard InChI is InChI=1S/C7H12N2O/c1-9-4-6(2-3-8)7(10)5-9/h6-7,10H,2,4-5H2,1H3/t6-,7+/m0/s1. The van der Waals surface area contributed by atoms with Crippen LogP contribution < -0.4 is 0 Å². The molecule has 1 fully saturated rings. The van der Waals surface area contributed by atoms with E-state index in [-0.39, 0.29) is 12.0 Å². The van der Waals surface area contributed by atoms with Crippen LogP contribution in [-0.2, 0) is 0 Å². The zero-order valence-electron chi connectivity index (χ0n) is 6.12. The first kappa shape index (κ1) is 7.52. The molecule has 3 nitrogen and oxygen atoms in total. The maximum absolute atomic E-state index is 9.30. The molecule has 3 heteroatoms. The molecule has 0 bridgehead atoms. The van der Waals surface area contributed by atoms with E-state index in [1.54, 1.807) is 0 Å². The molecular weight excluding hydrogens is 128 g/mol. The van der Waals surface area contributed by atoms with Crippen LogP contribution in [0.2, 0.25) is 0 Å². The Kier molecular flexibility index (Phi) is 2.25. The van der Waals surface area contributed by atoms with Gasteiger partial charge in [0.1, 0.15) is 0 Å². The summed E-state index contributed by atoms with van der Waals surface area (Å²) in [5.41, 5.74) is 0. The van der Waals surface area contributed by atoms with Crippen molar-refractivity contribution in [3.63, 3.8) is 0 Å². The van der Waals surface area contributed by atoms with Gasteiger partial charge in [0.05, 0.1) is 12.2 Å². The summed E-state index contributed by atoms with van der Waals surface area (Å²) in [5.74, 6) is 0.176. The molecule has 0 radical (unpaired) electrons. The summed E-state index contributed by atoms with van der Waals surface area (Å²) in [6, 6.07) is 2.07. The molecule has 1 aliphatic rings. The van der Waals surface area contributed by atoms with Crippen LogP contribution in [0, 0.1) is 17.2 Å². The van der Waals surface area contributed by atoms with Crippen LogP contribution in [0.3, 0.4) is 0 Å². The molecule has 0 aromatic rings. The third kappa shape index (κ3) is 1.47. The van der Waals surface area contributed by atoms with Gasteiger partial charge in [0.25, 0.3) is 0 Å². The van der Waals surface area contributed by atoms with Gasteiger partial charge < -0.3 is 10.0 Å². The predicted molar refractivity (Wildman–Crippen MR) is 37.2 cm³/mol. The largest absolute Gasteiger partial charge is 0.391 e. The third-order valence-electron chi connectivity index (χ3n) is 1.94. The van der Waals surface area contributed by atoms with E-state index in [9.17, 15) is 5.11 Å². The lowest BCUT2D eigenvalue weighted by Gasteiger charge is -2.06. The molecule has 2 atom stereocenters. The Bertz CT molecular complexity index is 152. The summed E-state index contributed by atoms with van der Waals surface area (Å²) in [7, 11) is 1.96. The minimum Gasteiger partial charge on any atom is -0.391 e. The molecule has 0 aromatic heterocycles. The second-order valence-corrected chi connectivity index (χ2v) is 2.91. The van der Waals surface area contributed by atoms with Crippen molar-refractivity contribution in [2.75, 3.05) is 20.1 Å². The van der Waals surface area contributed by atoms with Gasteiger partial charge in [0.2, 0.25) is 0 Å². The minimum atomic E-state index is -0.287. The van der Waals surface area contributed by atoms with Crippen molar-refractivity contribution >= 4 is 0 Å². The van der Waals surface area contributed by atoms with Crippen LogP contribution in [0.4, 0.5) is 0 Å². The monoisotopic (exact) mass is 140 g/mol. The molecule has 1 rings (SSSR count). The van der Waals surface area contributed by atoms with Crippen LogP contribution in [-0.4, -0.2) is 36.2 Å². The molecule has 10 heavy (non-hydrogen) atoms. The van der Waals surface area contributed by atoms with Crippen molar-refractivity contribution in [2.45, 2.75) is 12.5 Å². The number of aliphatic hydroxyl groups excluding tert-OH is 1. The van der Waals surface area contributed by atoms with E-state index < -0.39 is 0 Å². The number of likely N-dealkylation sites (N-methyl/N-ethyl adjacent to an activating group) is 1. The van der Waals surface area contributed by atoms with Crippen molar-refractivity contribution in [3.05, 3.63) is 0 Å². The molecule has 0 amide bonds. The van der Waals surface area contributed by atoms with Crippen molar-refractivity contribution in [3.8, 4) is 6.07 Å². The molecule has 0 unspecified atom stereocenters.